The van der Waals surface area contributed by atoms with E-state index in [9.17, 15) is 0 Å². The van der Waals surface area contributed by atoms with Crippen molar-refractivity contribution in [3.05, 3.63) is 61.4 Å². The summed E-state index contributed by atoms with van der Waals surface area (Å²) in [6.07, 6.45) is 29.0. The van der Waals surface area contributed by atoms with Crippen LogP contribution in [0.25, 0.3) is 0 Å². The SMILES string of the molecule is C1=C[CH-]CCCC=C1.C1=C[CH-]CCCC=C1.[Ni+2]. The summed E-state index contributed by atoms with van der Waals surface area (Å²) in [5, 5.41) is 0. The summed E-state index contributed by atoms with van der Waals surface area (Å²) in [5.41, 5.74) is 0. The maximum absolute atomic E-state index is 2.21. The Balaban J connectivity index is 0.000000284. The van der Waals surface area contributed by atoms with Crippen LogP contribution in [0, 0.1) is 12.8 Å². The quantitative estimate of drug-likeness (QED) is 0.431. The molecule has 1 heteroatoms. The fourth-order valence-corrected chi connectivity index (χ4v) is 1.53. The van der Waals surface area contributed by atoms with Crippen molar-refractivity contribution >= 4 is 0 Å². The Morgan fingerprint density at radius 1 is 0.647 bits per heavy atom. The summed E-state index contributed by atoms with van der Waals surface area (Å²) in [5.74, 6) is 0. The Kier molecular flexibility index (Phi) is 12.6. The van der Waals surface area contributed by atoms with Crippen LogP contribution in [0.15, 0.2) is 48.6 Å². The molecule has 0 saturated heterocycles. The van der Waals surface area contributed by atoms with Crippen molar-refractivity contribution in [2.24, 2.45) is 0 Å². The van der Waals surface area contributed by atoms with Crippen LogP contribution in [0.3, 0.4) is 0 Å². The van der Waals surface area contributed by atoms with Crippen molar-refractivity contribution in [3.63, 3.8) is 0 Å². The third-order valence-corrected chi connectivity index (χ3v) is 2.47. The van der Waals surface area contributed by atoms with E-state index in [0.717, 1.165) is 0 Å². The van der Waals surface area contributed by atoms with Crippen LogP contribution in [0.1, 0.15) is 38.5 Å². The normalized spacial score (nSPS) is 17.9. The molecule has 2 aliphatic rings. The molecule has 96 valence electrons. The fraction of sp³-hybridized carbons (Fsp3) is 0.375. The van der Waals surface area contributed by atoms with Gasteiger partial charge in [0.25, 0.3) is 0 Å². The molecular weight excluding hydrogens is 251 g/mol. The van der Waals surface area contributed by atoms with Crippen LogP contribution in [-0.2, 0) is 16.5 Å². The predicted molar refractivity (Wildman–Crippen MR) is 72.9 cm³/mol. The molecule has 0 spiro atoms. The maximum Gasteiger partial charge on any atom is 2.00 e. The number of rotatable bonds is 0. The third kappa shape index (κ3) is 11.5. The maximum atomic E-state index is 2.21. The Morgan fingerprint density at radius 3 is 1.59 bits per heavy atom. The molecule has 0 atom stereocenters. The van der Waals surface area contributed by atoms with Crippen molar-refractivity contribution in [1.29, 1.82) is 0 Å². The Morgan fingerprint density at radius 2 is 1.12 bits per heavy atom. The first kappa shape index (κ1) is 16.2. The third-order valence-electron chi connectivity index (χ3n) is 2.47. The minimum absolute atomic E-state index is 0. The van der Waals surface area contributed by atoms with Gasteiger partial charge in [-0.1, -0.05) is 12.8 Å². The molecule has 0 saturated carbocycles. The van der Waals surface area contributed by atoms with Crippen molar-refractivity contribution in [3.8, 4) is 0 Å². The van der Waals surface area contributed by atoms with Gasteiger partial charge in [-0.05, 0) is 12.8 Å². The van der Waals surface area contributed by atoms with E-state index in [1.807, 2.05) is 0 Å². The molecule has 0 radical (unpaired) electrons. The van der Waals surface area contributed by atoms with Gasteiger partial charge in [-0.2, -0.15) is 0 Å². The summed E-state index contributed by atoms with van der Waals surface area (Å²) in [6, 6.07) is 0. The first-order valence-electron chi connectivity index (χ1n) is 6.30. The number of hydrogen-bond acceptors (Lipinski definition) is 0. The van der Waals surface area contributed by atoms with Crippen molar-refractivity contribution in [1.82, 2.24) is 0 Å². The topological polar surface area (TPSA) is 0 Å². The van der Waals surface area contributed by atoms with Gasteiger partial charge in [0.05, 0.1) is 0 Å². The van der Waals surface area contributed by atoms with E-state index >= 15 is 0 Å². The smallest absolute Gasteiger partial charge is 0.230 e. The molecule has 0 bridgehead atoms. The molecule has 0 unspecified atom stereocenters. The van der Waals surface area contributed by atoms with Gasteiger partial charge in [0.2, 0.25) is 0 Å². The van der Waals surface area contributed by atoms with E-state index in [1.54, 1.807) is 0 Å². The zero-order chi connectivity index (χ0) is 11.3. The van der Waals surface area contributed by atoms with Crippen LogP contribution in [0.4, 0.5) is 0 Å². The second-order valence-corrected chi connectivity index (χ2v) is 3.96. The summed E-state index contributed by atoms with van der Waals surface area (Å²) >= 11 is 0. The molecule has 0 aromatic rings. The minimum Gasteiger partial charge on any atom is -0.230 e. The molecule has 0 amide bonds. The summed E-state index contributed by atoms with van der Waals surface area (Å²) in [4.78, 5) is 0. The van der Waals surface area contributed by atoms with Crippen LogP contribution in [0.2, 0.25) is 0 Å². The number of hydrogen-bond donors (Lipinski definition) is 0. The molecule has 0 N–H and O–H groups in total. The van der Waals surface area contributed by atoms with Crippen molar-refractivity contribution in [2.75, 3.05) is 0 Å². The van der Waals surface area contributed by atoms with E-state index in [4.69, 9.17) is 0 Å². The number of allylic oxidation sites excluding steroid dienone is 8. The summed E-state index contributed by atoms with van der Waals surface area (Å²) < 4.78 is 0. The van der Waals surface area contributed by atoms with Crippen LogP contribution in [-0.4, -0.2) is 0 Å². The standard InChI is InChI=1S/2C8H11.Ni/c2*1-2-4-6-8-7-5-3-1;/h2*1-5H,6-8H2;/q2*-1;+2. The molecule has 0 aromatic heterocycles. The van der Waals surface area contributed by atoms with E-state index in [0.29, 0.717) is 0 Å². The first-order valence-corrected chi connectivity index (χ1v) is 6.30. The average Bonchev–Trinajstić information content (AvgIpc) is 2.15. The zero-order valence-electron chi connectivity index (χ0n) is 10.3. The molecule has 0 nitrogen and oxygen atoms in total. The minimum atomic E-state index is 0. The van der Waals surface area contributed by atoms with Gasteiger partial charge >= 0.3 is 16.5 Å². The molecule has 0 fully saturated rings. The largest absolute Gasteiger partial charge is 2.00 e. The van der Waals surface area contributed by atoms with Gasteiger partial charge in [-0.25, -0.2) is 37.1 Å². The van der Waals surface area contributed by atoms with Gasteiger partial charge in [0.15, 0.2) is 0 Å². The fourth-order valence-electron chi connectivity index (χ4n) is 1.53. The second-order valence-electron chi connectivity index (χ2n) is 3.96. The van der Waals surface area contributed by atoms with E-state index < -0.39 is 0 Å². The van der Waals surface area contributed by atoms with Gasteiger partial charge in [0, 0.05) is 0 Å². The van der Waals surface area contributed by atoms with Gasteiger partial charge in [-0.3, -0.25) is 0 Å². The molecule has 2 rings (SSSR count). The Hall–Kier alpha value is -0.806. The second kappa shape index (κ2) is 13.3. The van der Waals surface area contributed by atoms with Gasteiger partial charge < -0.3 is 0 Å². The monoisotopic (exact) mass is 272 g/mol. The predicted octanol–water partition coefficient (Wildman–Crippen LogP) is 4.97. The molecular formula is C16H22Ni. The van der Waals surface area contributed by atoms with E-state index in [2.05, 4.69) is 61.4 Å². The van der Waals surface area contributed by atoms with Crippen molar-refractivity contribution in [2.45, 2.75) is 38.5 Å². The Labute approximate surface area is 116 Å². The van der Waals surface area contributed by atoms with Gasteiger partial charge in [-0.15, -0.1) is 37.1 Å². The van der Waals surface area contributed by atoms with Crippen LogP contribution in [0.5, 0.6) is 0 Å². The Bertz CT molecular complexity index is 203. The van der Waals surface area contributed by atoms with E-state index in [1.165, 1.54) is 38.5 Å². The van der Waals surface area contributed by atoms with Gasteiger partial charge in [0.1, 0.15) is 0 Å². The summed E-state index contributed by atoms with van der Waals surface area (Å²) in [6.45, 7) is 0. The molecule has 0 aromatic carbocycles. The van der Waals surface area contributed by atoms with Crippen LogP contribution < -0.4 is 0 Å². The zero-order valence-corrected chi connectivity index (χ0v) is 11.3. The first-order chi connectivity index (χ1) is 8.00. The van der Waals surface area contributed by atoms with Crippen LogP contribution >= 0.6 is 0 Å². The molecule has 0 aliphatic heterocycles. The molecule has 17 heavy (non-hydrogen) atoms. The van der Waals surface area contributed by atoms with Crippen molar-refractivity contribution < 1.29 is 16.5 Å². The molecule has 0 heterocycles. The van der Waals surface area contributed by atoms with E-state index in [-0.39, 0.29) is 16.5 Å². The average molecular weight is 273 g/mol. The molecule has 2 aliphatic carbocycles. The summed E-state index contributed by atoms with van der Waals surface area (Å²) in [7, 11) is 0.